The van der Waals surface area contributed by atoms with E-state index in [1.54, 1.807) is 0 Å². The van der Waals surface area contributed by atoms with Crippen molar-refractivity contribution < 1.29 is 14.3 Å². The molecule has 1 aromatic carbocycles. The van der Waals surface area contributed by atoms with Crippen molar-refractivity contribution in [3.8, 4) is 5.75 Å². The minimum atomic E-state index is -0.158. The van der Waals surface area contributed by atoms with Gasteiger partial charge in [-0.25, -0.2) is 0 Å². The summed E-state index contributed by atoms with van der Waals surface area (Å²) in [5.41, 5.74) is 2.26. The van der Waals surface area contributed by atoms with E-state index >= 15 is 0 Å². The summed E-state index contributed by atoms with van der Waals surface area (Å²) in [4.78, 5) is 11.5. The maximum absolute atomic E-state index is 11.5. The van der Waals surface area contributed by atoms with Gasteiger partial charge in [0, 0.05) is 18.7 Å². The standard InChI is InChI=1S/C14H19NO3/c1-3-10(14(16)17-2)9-15-12-4-5-13-11(8-12)6-7-18-13/h4-5,8,10,15H,3,6-7,9H2,1-2H3. The van der Waals surface area contributed by atoms with Gasteiger partial charge in [-0.05, 0) is 30.2 Å². The first kappa shape index (κ1) is 12.7. The number of benzene rings is 1. The van der Waals surface area contributed by atoms with Gasteiger partial charge in [0.25, 0.3) is 0 Å². The fourth-order valence-corrected chi connectivity index (χ4v) is 2.10. The Hall–Kier alpha value is -1.71. The summed E-state index contributed by atoms with van der Waals surface area (Å²) in [6.07, 6.45) is 1.73. The lowest BCUT2D eigenvalue weighted by molar-refractivity contribution is -0.145. The number of rotatable bonds is 5. The van der Waals surface area contributed by atoms with Crippen LogP contribution in [0.4, 0.5) is 5.69 Å². The van der Waals surface area contributed by atoms with Crippen LogP contribution >= 0.6 is 0 Å². The lowest BCUT2D eigenvalue weighted by Gasteiger charge is -2.14. The molecule has 0 bridgehead atoms. The van der Waals surface area contributed by atoms with Gasteiger partial charge >= 0.3 is 5.97 Å². The van der Waals surface area contributed by atoms with Crippen molar-refractivity contribution in [3.05, 3.63) is 23.8 Å². The van der Waals surface area contributed by atoms with Crippen LogP contribution in [0.1, 0.15) is 18.9 Å². The van der Waals surface area contributed by atoms with E-state index in [0.29, 0.717) is 6.54 Å². The van der Waals surface area contributed by atoms with Crippen LogP contribution in [0, 0.1) is 5.92 Å². The van der Waals surface area contributed by atoms with Gasteiger partial charge in [0.2, 0.25) is 0 Å². The smallest absolute Gasteiger partial charge is 0.310 e. The van der Waals surface area contributed by atoms with Crippen molar-refractivity contribution in [2.75, 3.05) is 25.6 Å². The van der Waals surface area contributed by atoms with Crippen LogP contribution in [-0.4, -0.2) is 26.2 Å². The minimum Gasteiger partial charge on any atom is -0.493 e. The molecule has 18 heavy (non-hydrogen) atoms. The highest BCUT2D eigenvalue weighted by Crippen LogP contribution is 2.27. The van der Waals surface area contributed by atoms with Crippen LogP contribution in [0.15, 0.2) is 18.2 Å². The zero-order valence-corrected chi connectivity index (χ0v) is 10.9. The zero-order valence-electron chi connectivity index (χ0n) is 10.9. The first-order chi connectivity index (χ1) is 8.74. The molecule has 1 aliphatic heterocycles. The fraction of sp³-hybridized carbons (Fsp3) is 0.500. The second kappa shape index (κ2) is 5.76. The van der Waals surface area contributed by atoms with E-state index < -0.39 is 0 Å². The second-order valence-corrected chi connectivity index (χ2v) is 4.43. The Morgan fingerprint density at radius 1 is 1.56 bits per heavy atom. The van der Waals surface area contributed by atoms with Gasteiger partial charge in [-0.3, -0.25) is 4.79 Å². The van der Waals surface area contributed by atoms with Crippen LogP contribution in [0.25, 0.3) is 0 Å². The predicted octanol–water partition coefficient (Wildman–Crippen LogP) is 2.23. The zero-order chi connectivity index (χ0) is 13.0. The molecule has 0 radical (unpaired) electrons. The molecule has 4 nitrogen and oxygen atoms in total. The molecule has 1 heterocycles. The highest BCUT2D eigenvalue weighted by molar-refractivity contribution is 5.73. The number of carbonyl (C=O) groups excluding carboxylic acids is 1. The average molecular weight is 249 g/mol. The van der Waals surface area contributed by atoms with Crippen molar-refractivity contribution in [3.63, 3.8) is 0 Å². The van der Waals surface area contributed by atoms with E-state index in [1.807, 2.05) is 19.1 Å². The van der Waals surface area contributed by atoms with Crippen LogP contribution < -0.4 is 10.1 Å². The van der Waals surface area contributed by atoms with Gasteiger partial charge < -0.3 is 14.8 Å². The number of carbonyl (C=O) groups is 1. The van der Waals surface area contributed by atoms with Gasteiger partial charge in [-0.15, -0.1) is 0 Å². The van der Waals surface area contributed by atoms with Gasteiger partial charge in [0.15, 0.2) is 0 Å². The van der Waals surface area contributed by atoms with Gasteiger partial charge in [-0.1, -0.05) is 6.92 Å². The molecule has 1 aromatic rings. The third-order valence-electron chi connectivity index (χ3n) is 3.27. The molecule has 1 N–H and O–H groups in total. The average Bonchev–Trinajstić information content (AvgIpc) is 2.86. The van der Waals surface area contributed by atoms with Crippen molar-refractivity contribution >= 4 is 11.7 Å². The molecule has 0 aromatic heterocycles. The normalized spacial score (nSPS) is 14.6. The molecule has 0 fully saturated rings. The molecule has 0 saturated carbocycles. The number of hydrogen-bond acceptors (Lipinski definition) is 4. The summed E-state index contributed by atoms with van der Waals surface area (Å²) in [6.45, 7) is 3.35. The summed E-state index contributed by atoms with van der Waals surface area (Å²) in [7, 11) is 1.43. The van der Waals surface area contributed by atoms with E-state index in [9.17, 15) is 4.79 Å². The number of fused-ring (bicyclic) bond motifs is 1. The Morgan fingerprint density at radius 2 is 2.39 bits per heavy atom. The monoisotopic (exact) mass is 249 g/mol. The maximum atomic E-state index is 11.5. The Morgan fingerprint density at radius 3 is 3.11 bits per heavy atom. The first-order valence-electron chi connectivity index (χ1n) is 6.32. The number of hydrogen-bond donors (Lipinski definition) is 1. The van der Waals surface area contributed by atoms with Crippen molar-refractivity contribution in [1.29, 1.82) is 0 Å². The number of nitrogens with one attached hydrogen (secondary N) is 1. The van der Waals surface area contributed by atoms with Crippen LogP contribution in [-0.2, 0) is 16.0 Å². The van der Waals surface area contributed by atoms with E-state index in [2.05, 4.69) is 11.4 Å². The molecular weight excluding hydrogens is 230 g/mol. The lowest BCUT2D eigenvalue weighted by Crippen LogP contribution is -2.23. The molecule has 98 valence electrons. The molecule has 0 spiro atoms. The highest BCUT2D eigenvalue weighted by atomic mass is 16.5. The van der Waals surface area contributed by atoms with Gasteiger partial charge in [0.1, 0.15) is 5.75 Å². The molecule has 2 rings (SSSR count). The van der Waals surface area contributed by atoms with E-state index in [4.69, 9.17) is 9.47 Å². The summed E-state index contributed by atoms with van der Waals surface area (Å²) in [5, 5.41) is 3.28. The van der Waals surface area contributed by atoms with Crippen LogP contribution in [0.2, 0.25) is 0 Å². The topological polar surface area (TPSA) is 47.6 Å². The molecule has 1 unspecified atom stereocenters. The largest absolute Gasteiger partial charge is 0.493 e. The molecule has 0 saturated heterocycles. The number of ether oxygens (including phenoxy) is 2. The summed E-state index contributed by atoms with van der Waals surface area (Å²) in [5.74, 6) is 0.717. The Balaban J connectivity index is 1.95. The number of anilines is 1. The lowest BCUT2D eigenvalue weighted by atomic mass is 10.1. The van der Waals surface area contributed by atoms with Gasteiger partial charge in [0.05, 0.1) is 19.6 Å². The third-order valence-corrected chi connectivity index (χ3v) is 3.27. The first-order valence-corrected chi connectivity index (χ1v) is 6.32. The summed E-state index contributed by atoms with van der Waals surface area (Å²) < 4.78 is 10.2. The Labute approximate surface area is 107 Å². The van der Waals surface area contributed by atoms with E-state index in [1.165, 1.54) is 12.7 Å². The highest BCUT2D eigenvalue weighted by Gasteiger charge is 2.17. The van der Waals surface area contributed by atoms with Crippen LogP contribution in [0.3, 0.4) is 0 Å². The van der Waals surface area contributed by atoms with Gasteiger partial charge in [-0.2, -0.15) is 0 Å². The van der Waals surface area contributed by atoms with E-state index in [-0.39, 0.29) is 11.9 Å². The van der Waals surface area contributed by atoms with Crippen molar-refractivity contribution in [1.82, 2.24) is 0 Å². The Bertz CT molecular complexity index is 431. The molecule has 1 aliphatic rings. The number of esters is 1. The molecular formula is C14H19NO3. The number of methoxy groups -OCH3 is 1. The van der Waals surface area contributed by atoms with Crippen molar-refractivity contribution in [2.24, 2.45) is 5.92 Å². The maximum Gasteiger partial charge on any atom is 0.310 e. The summed E-state index contributed by atoms with van der Waals surface area (Å²) in [6, 6.07) is 6.05. The minimum absolute atomic E-state index is 0.0977. The summed E-state index contributed by atoms with van der Waals surface area (Å²) >= 11 is 0. The Kier molecular flexibility index (Phi) is 4.07. The van der Waals surface area contributed by atoms with E-state index in [0.717, 1.165) is 30.9 Å². The quantitative estimate of drug-likeness (QED) is 0.813. The molecule has 1 atom stereocenters. The third kappa shape index (κ3) is 2.75. The molecule has 0 aliphatic carbocycles. The van der Waals surface area contributed by atoms with Crippen molar-refractivity contribution in [2.45, 2.75) is 19.8 Å². The van der Waals surface area contributed by atoms with Crippen LogP contribution in [0.5, 0.6) is 5.75 Å². The SMILES string of the molecule is CCC(CNc1ccc2c(c1)CCO2)C(=O)OC. The molecule has 4 heteroatoms. The predicted molar refractivity (Wildman–Crippen MR) is 69.9 cm³/mol. The second-order valence-electron chi connectivity index (χ2n) is 4.43. The molecule has 0 amide bonds. The fourth-order valence-electron chi connectivity index (χ4n) is 2.10.